The topological polar surface area (TPSA) is 46.6 Å². The Morgan fingerprint density at radius 3 is 2.50 bits per heavy atom. The Balaban J connectivity index is 2.32. The number of ketones is 1. The summed E-state index contributed by atoms with van der Waals surface area (Å²) in [5.74, 6) is -2.12. The molecule has 1 fully saturated rings. The maximum atomic E-state index is 13.7. The second-order valence-corrected chi connectivity index (χ2v) is 6.91. The zero-order chi connectivity index (χ0) is 20.6. The van der Waals surface area contributed by atoms with Gasteiger partial charge in [-0.2, -0.15) is 13.2 Å². The number of rotatable bonds is 4. The fourth-order valence-electron chi connectivity index (χ4n) is 4.19. The van der Waals surface area contributed by atoms with Crippen LogP contribution in [0.4, 0.5) is 13.2 Å². The van der Waals surface area contributed by atoms with Crippen molar-refractivity contribution in [2.45, 2.75) is 45.7 Å². The maximum absolute atomic E-state index is 13.7. The van der Waals surface area contributed by atoms with Crippen molar-refractivity contribution in [3.8, 4) is 0 Å². The van der Waals surface area contributed by atoms with Crippen LogP contribution in [0.2, 0.25) is 0 Å². The first kappa shape index (κ1) is 20.2. The Morgan fingerprint density at radius 1 is 1.21 bits per heavy atom. The number of allylic oxidation sites excluding steroid dienone is 3. The lowest BCUT2D eigenvalue weighted by molar-refractivity contribution is -0.140. The first-order chi connectivity index (χ1) is 13.2. The zero-order valence-corrected chi connectivity index (χ0v) is 16.0. The SMILES string of the molecule is CCOC(=O)C1=C(C)N2CCCC2=C(C(C)=O)C1c1ccccc1C(F)(F)F. The van der Waals surface area contributed by atoms with Gasteiger partial charge in [-0.1, -0.05) is 18.2 Å². The predicted octanol–water partition coefficient (Wildman–Crippen LogP) is 4.58. The van der Waals surface area contributed by atoms with Gasteiger partial charge in [-0.15, -0.1) is 0 Å². The molecule has 0 radical (unpaired) electrons. The summed E-state index contributed by atoms with van der Waals surface area (Å²) in [6.07, 6.45) is -3.25. The quantitative estimate of drug-likeness (QED) is 0.703. The minimum absolute atomic E-state index is 0.0925. The molecule has 2 aliphatic rings. The van der Waals surface area contributed by atoms with Gasteiger partial charge in [0, 0.05) is 29.4 Å². The average molecular weight is 393 g/mol. The number of nitrogens with zero attached hydrogens (tertiary/aromatic N) is 1. The van der Waals surface area contributed by atoms with Crippen LogP contribution in [0.3, 0.4) is 0 Å². The van der Waals surface area contributed by atoms with Gasteiger partial charge in [0.15, 0.2) is 5.78 Å². The van der Waals surface area contributed by atoms with E-state index in [2.05, 4.69) is 0 Å². The lowest BCUT2D eigenvalue weighted by Crippen LogP contribution is -2.33. The summed E-state index contributed by atoms with van der Waals surface area (Å²) < 4.78 is 46.4. The number of esters is 1. The fourth-order valence-corrected chi connectivity index (χ4v) is 4.19. The highest BCUT2D eigenvalue weighted by Gasteiger charge is 2.44. The molecule has 0 spiro atoms. The van der Waals surface area contributed by atoms with E-state index >= 15 is 0 Å². The van der Waals surface area contributed by atoms with E-state index in [0.717, 1.165) is 12.5 Å². The highest BCUT2D eigenvalue weighted by molar-refractivity contribution is 6.02. The van der Waals surface area contributed by atoms with Gasteiger partial charge < -0.3 is 9.64 Å². The average Bonchev–Trinajstić information content (AvgIpc) is 3.10. The standard InChI is InChI=1S/C21H22F3NO3/c1-4-28-20(27)17-12(2)25-11-7-10-16(25)18(13(3)26)19(17)14-8-5-6-9-15(14)21(22,23)24/h5-6,8-9,19H,4,7,10-11H2,1-3H3. The van der Waals surface area contributed by atoms with Crippen molar-refractivity contribution < 1.29 is 27.5 Å². The van der Waals surface area contributed by atoms with Crippen molar-refractivity contribution in [3.63, 3.8) is 0 Å². The number of halogens is 3. The number of fused-ring (bicyclic) bond motifs is 1. The van der Waals surface area contributed by atoms with Gasteiger partial charge in [-0.25, -0.2) is 4.79 Å². The molecule has 1 aromatic carbocycles. The Hall–Kier alpha value is -2.57. The summed E-state index contributed by atoms with van der Waals surface area (Å²) in [5.41, 5.74) is 0.678. The van der Waals surface area contributed by atoms with Crippen LogP contribution < -0.4 is 0 Å². The lowest BCUT2D eigenvalue weighted by atomic mass is 9.76. The number of hydrogen-bond acceptors (Lipinski definition) is 4. The van der Waals surface area contributed by atoms with E-state index < -0.39 is 23.6 Å². The highest BCUT2D eigenvalue weighted by Crippen LogP contribution is 2.48. The van der Waals surface area contributed by atoms with Gasteiger partial charge in [-0.05, 0) is 45.2 Å². The molecule has 0 N–H and O–H groups in total. The molecule has 3 rings (SSSR count). The Labute approximate surface area is 161 Å². The first-order valence-electron chi connectivity index (χ1n) is 9.24. The van der Waals surface area contributed by atoms with Gasteiger partial charge >= 0.3 is 12.1 Å². The fraction of sp³-hybridized carbons (Fsp3) is 0.429. The summed E-state index contributed by atoms with van der Waals surface area (Å²) in [6.45, 7) is 5.39. The summed E-state index contributed by atoms with van der Waals surface area (Å²) in [7, 11) is 0. The monoisotopic (exact) mass is 393 g/mol. The number of benzene rings is 1. The van der Waals surface area contributed by atoms with Crippen molar-refractivity contribution in [3.05, 3.63) is 57.9 Å². The molecule has 7 heteroatoms. The van der Waals surface area contributed by atoms with Crippen LogP contribution in [0.15, 0.2) is 46.8 Å². The molecular weight excluding hydrogens is 371 g/mol. The number of alkyl halides is 3. The normalized spacial score (nSPS) is 19.8. The molecule has 4 nitrogen and oxygen atoms in total. The molecule has 0 bridgehead atoms. The van der Waals surface area contributed by atoms with Gasteiger partial charge in [0.05, 0.1) is 17.7 Å². The number of carbonyl (C=O) groups is 2. The smallest absolute Gasteiger partial charge is 0.416 e. The molecule has 28 heavy (non-hydrogen) atoms. The van der Waals surface area contributed by atoms with Crippen LogP contribution >= 0.6 is 0 Å². The molecule has 1 unspecified atom stereocenters. The molecule has 150 valence electrons. The second kappa shape index (κ2) is 7.45. The van der Waals surface area contributed by atoms with E-state index in [4.69, 9.17) is 4.74 Å². The third-order valence-corrected chi connectivity index (χ3v) is 5.26. The Bertz CT molecular complexity index is 883. The molecule has 0 amide bonds. The predicted molar refractivity (Wildman–Crippen MR) is 97.2 cm³/mol. The highest BCUT2D eigenvalue weighted by atomic mass is 19.4. The Morgan fingerprint density at radius 2 is 1.89 bits per heavy atom. The Kier molecular flexibility index (Phi) is 5.37. The zero-order valence-electron chi connectivity index (χ0n) is 16.0. The number of carbonyl (C=O) groups excluding carboxylic acids is 2. The molecule has 1 saturated heterocycles. The van der Waals surface area contributed by atoms with Crippen molar-refractivity contribution >= 4 is 11.8 Å². The summed E-state index contributed by atoms with van der Waals surface area (Å²) >= 11 is 0. The molecule has 2 heterocycles. The minimum atomic E-state index is -4.61. The van der Waals surface area contributed by atoms with E-state index in [1.165, 1.54) is 25.1 Å². The van der Waals surface area contributed by atoms with Crippen LogP contribution in [0.25, 0.3) is 0 Å². The van der Waals surface area contributed by atoms with E-state index in [0.29, 0.717) is 24.4 Å². The van der Waals surface area contributed by atoms with Crippen molar-refractivity contribution in [2.24, 2.45) is 0 Å². The van der Waals surface area contributed by atoms with Crippen LogP contribution in [-0.4, -0.2) is 29.8 Å². The second-order valence-electron chi connectivity index (χ2n) is 6.91. The molecule has 1 aromatic rings. The molecule has 0 aliphatic carbocycles. The molecule has 2 aliphatic heterocycles. The van der Waals surface area contributed by atoms with Gasteiger partial charge in [0.1, 0.15) is 0 Å². The first-order valence-corrected chi connectivity index (χ1v) is 9.24. The van der Waals surface area contributed by atoms with E-state index in [-0.39, 0.29) is 29.1 Å². The summed E-state index contributed by atoms with van der Waals surface area (Å²) in [6, 6.07) is 5.12. The van der Waals surface area contributed by atoms with Gasteiger partial charge in [0.2, 0.25) is 0 Å². The van der Waals surface area contributed by atoms with Crippen LogP contribution in [0, 0.1) is 0 Å². The van der Waals surface area contributed by atoms with E-state index in [9.17, 15) is 22.8 Å². The molecule has 1 atom stereocenters. The van der Waals surface area contributed by atoms with E-state index in [1.807, 2.05) is 4.90 Å². The van der Waals surface area contributed by atoms with Crippen LogP contribution in [-0.2, 0) is 20.5 Å². The van der Waals surface area contributed by atoms with Crippen molar-refractivity contribution in [1.82, 2.24) is 4.90 Å². The number of hydrogen-bond donors (Lipinski definition) is 0. The van der Waals surface area contributed by atoms with Crippen molar-refractivity contribution in [2.75, 3.05) is 13.2 Å². The minimum Gasteiger partial charge on any atom is -0.463 e. The number of Topliss-reactive ketones (excluding diaryl/α,β-unsaturated/α-hetero) is 1. The molecule has 0 saturated carbocycles. The maximum Gasteiger partial charge on any atom is 0.416 e. The molecule has 0 aromatic heterocycles. The van der Waals surface area contributed by atoms with E-state index in [1.54, 1.807) is 13.8 Å². The summed E-state index contributed by atoms with van der Waals surface area (Å²) in [4.78, 5) is 27.2. The third-order valence-electron chi connectivity index (χ3n) is 5.26. The summed E-state index contributed by atoms with van der Waals surface area (Å²) in [5, 5.41) is 0. The van der Waals surface area contributed by atoms with Crippen LogP contribution in [0.1, 0.15) is 50.7 Å². The van der Waals surface area contributed by atoms with Crippen LogP contribution in [0.5, 0.6) is 0 Å². The molecular formula is C21H22F3NO3. The lowest BCUT2D eigenvalue weighted by Gasteiger charge is -2.36. The van der Waals surface area contributed by atoms with Gasteiger partial charge in [0.25, 0.3) is 0 Å². The third kappa shape index (κ3) is 3.34. The number of ether oxygens (including phenoxy) is 1. The largest absolute Gasteiger partial charge is 0.463 e. The van der Waals surface area contributed by atoms with Crippen molar-refractivity contribution in [1.29, 1.82) is 0 Å². The van der Waals surface area contributed by atoms with Gasteiger partial charge in [-0.3, -0.25) is 4.79 Å².